The number of methoxy groups -OCH3 is 1. The molecule has 0 unspecified atom stereocenters. The Labute approximate surface area is 165 Å². The van der Waals surface area contributed by atoms with Gasteiger partial charge in [-0.05, 0) is 36.8 Å². The fourth-order valence-electron chi connectivity index (χ4n) is 2.42. The van der Waals surface area contributed by atoms with E-state index in [1.165, 1.54) is 24.5 Å². The lowest BCUT2D eigenvalue weighted by Crippen LogP contribution is -2.02. The van der Waals surface area contributed by atoms with Gasteiger partial charge in [-0.25, -0.2) is 4.98 Å². The predicted octanol–water partition coefficient (Wildman–Crippen LogP) is 4.39. The maximum atomic E-state index is 11.1. The number of aromatic nitrogens is 1. The number of ether oxygens (including phenoxy) is 2. The predicted molar refractivity (Wildman–Crippen MR) is 108 cm³/mol. The van der Waals surface area contributed by atoms with Crippen LogP contribution in [0.1, 0.15) is 16.8 Å². The number of hydrogen-bond acceptors (Lipinski definition) is 8. The molecular weight excluding hydrogens is 380 g/mol. The molecule has 1 aromatic heterocycles. The van der Waals surface area contributed by atoms with E-state index in [2.05, 4.69) is 15.5 Å². The molecule has 9 heteroatoms. The van der Waals surface area contributed by atoms with Gasteiger partial charge in [-0.15, -0.1) is 11.3 Å². The number of benzene rings is 2. The highest BCUT2D eigenvalue weighted by atomic mass is 32.1. The van der Waals surface area contributed by atoms with Crippen LogP contribution in [0.25, 0.3) is 0 Å². The Morgan fingerprint density at radius 2 is 2.11 bits per heavy atom. The molecule has 1 N–H and O–H groups in total. The van der Waals surface area contributed by atoms with Crippen LogP contribution >= 0.6 is 11.3 Å². The summed E-state index contributed by atoms with van der Waals surface area (Å²) < 4.78 is 11.1. The molecule has 0 atom stereocenters. The van der Waals surface area contributed by atoms with Gasteiger partial charge in [-0.3, -0.25) is 15.5 Å². The van der Waals surface area contributed by atoms with E-state index in [1.54, 1.807) is 36.5 Å². The number of thiazole rings is 1. The summed E-state index contributed by atoms with van der Waals surface area (Å²) in [4.78, 5) is 14.9. The van der Waals surface area contributed by atoms with Gasteiger partial charge >= 0.3 is 0 Å². The topological polar surface area (TPSA) is 98.9 Å². The highest BCUT2D eigenvalue weighted by Crippen LogP contribution is 2.29. The van der Waals surface area contributed by atoms with Gasteiger partial charge in [0.05, 0.1) is 29.5 Å². The second-order valence-electron chi connectivity index (χ2n) is 5.75. The number of nitro benzene ring substituents is 1. The molecule has 0 radical (unpaired) electrons. The number of nitrogens with one attached hydrogen (secondary N) is 1. The number of hydrogen-bond donors (Lipinski definition) is 1. The molecule has 3 aromatic rings. The fraction of sp³-hybridized carbons (Fsp3) is 0.158. The first-order chi connectivity index (χ1) is 13.6. The molecule has 0 aliphatic rings. The van der Waals surface area contributed by atoms with Gasteiger partial charge in [0, 0.05) is 11.4 Å². The molecule has 0 saturated carbocycles. The van der Waals surface area contributed by atoms with E-state index in [9.17, 15) is 10.1 Å². The minimum absolute atomic E-state index is 0.0220. The monoisotopic (exact) mass is 398 g/mol. The normalized spacial score (nSPS) is 10.8. The highest BCUT2D eigenvalue weighted by molar-refractivity contribution is 7.13. The molecule has 0 spiro atoms. The Balaban J connectivity index is 1.68. The molecule has 1 heterocycles. The van der Waals surface area contributed by atoms with Crippen molar-refractivity contribution in [3.63, 3.8) is 0 Å². The fourth-order valence-corrected chi connectivity index (χ4v) is 3.05. The first-order valence-electron chi connectivity index (χ1n) is 8.31. The summed E-state index contributed by atoms with van der Waals surface area (Å²) in [6.45, 7) is 1.98. The maximum Gasteiger partial charge on any atom is 0.276 e. The molecule has 0 fully saturated rings. The van der Waals surface area contributed by atoms with E-state index in [0.29, 0.717) is 22.2 Å². The van der Waals surface area contributed by atoms with E-state index in [0.717, 1.165) is 11.3 Å². The van der Waals surface area contributed by atoms with Gasteiger partial charge in [0.1, 0.15) is 6.61 Å². The summed E-state index contributed by atoms with van der Waals surface area (Å²) >= 11 is 1.47. The van der Waals surface area contributed by atoms with Crippen LogP contribution in [-0.4, -0.2) is 23.2 Å². The van der Waals surface area contributed by atoms with Crippen LogP contribution in [-0.2, 0) is 6.61 Å². The van der Waals surface area contributed by atoms with Gasteiger partial charge in [0.25, 0.3) is 5.69 Å². The third-order valence-corrected chi connectivity index (χ3v) is 4.62. The van der Waals surface area contributed by atoms with E-state index in [-0.39, 0.29) is 12.3 Å². The molecular formula is C19H18N4O4S. The number of para-hydroxylation sites is 1. The maximum absolute atomic E-state index is 11.1. The van der Waals surface area contributed by atoms with Gasteiger partial charge in [-0.1, -0.05) is 12.1 Å². The van der Waals surface area contributed by atoms with Crippen LogP contribution in [0.5, 0.6) is 11.5 Å². The minimum Gasteiger partial charge on any atom is -0.493 e. The van der Waals surface area contributed by atoms with Crippen molar-refractivity contribution in [2.75, 3.05) is 12.5 Å². The molecule has 2 aromatic carbocycles. The standard InChI is InChI=1S/C19H18N4O4S/c1-13-12-28-19(21-13)22-20-10-14-7-8-17(18(9-14)26-2)27-11-15-5-3-4-6-16(15)23(24)25/h3-10,12H,11H2,1-2H3,(H,21,22). The second kappa shape index (κ2) is 8.96. The van der Waals surface area contributed by atoms with Gasteiger partial charge in [0.2, 0.25) is 5.13 Å². The Kier molecular flexibility index (Phi) is 6.18. The molecule has 144 valence electrons. The van der Waals surface area contributed by atoms with Crippen molar-refractivity contribution in [3.8, 4) is 11.5 Å². The first-order valence-corrected chi connectivity index (χ1v) is 9.19. The van der Waals surface area contributed by atoms with Crippen molar-refractivity contribution >= 4 is 28.4 Å². The quantitative estimate of drug-likeness (QED) is 0.343. The van der Waals surface area contributed by atoms with Crippen molar-refractivity contribution in [1.82, 2.24) is 4.98 Å². The van der Waals surface area contributed by atoms with E-state index in [4.69, 9.17) is 9.47 Å². The zero-order valence-corrected chi connectivity index (χ0v) is 16.1. The van der Waals surface area contributed by atoms with Crippen molar-refractivity contribution < 1.29 is 14.4 Å². The summed E-state index contributed by atoms with van der Waals surface area (Å²) in [5, 5.41) is 17.9. The lowest BCUT2D eigenvalue weighted by Gasteiger charge is -2.11. The average Bonchev–Trinajstić information content (AvgIpc) is 3.12. The third kappa shape index (κ3) is 4.83. The Morgan fingerprint density at radius 3 is 2.82 bits per heavy atom. The number of nitro groups is 1. The molecule has 8 nitrogen and oxygen atoms in total. The lowest BCUT2D eigenvalue weighted by atomic mass is 10.2. The summed E-state index contributed by atoms with van der Waals surface area (Å²) in [5.74, 6) is 0.994. The largest absolute Gasteiger partial charge is 0.493 e. The number of hydrazone groups is 1. The Hall–Kier alpha value is -3.46. The average molecular weight is 398 g/mol. The van der Waals surface area contributed by atoms with Gasteiger partial charge < -0.3 is 9.47 Å². The number of aryl methyl sites for hydroxylation is 1. The van der Waals surface area contributed by atoms with Crippen molar-refractivity contribution in [2.45, 2.75) is 13.5 Å². The van der Waals surface area contributed by atoms with Crippen LogP contribution in [0.4, 0.5) is 10.8 Å². The Morgan fingerprint density at radius 1 is 1.29 bits per heavy atom. The number of nitrogens with zero attached hydrogens (tertiary/aromatic N) is 3. The van der Waals surface area contributed by atoms with Crippen molar-refractivity contribution in [2.24, 2.45) is 5.10 Å². The van der Waals surface area contributed by atoms with Gasteiger partial charge in [0.15, 0.2) is 11.5 Å². The summed E-state index contributed by atoms with van der Waals surface area (Å²) in [5.41, 5.74) is 5.12. The number of rotatable bonds is 8. The van der Waals surface area contributed by atoms with Crippen LogP contribution in [0.3, 0.4) is 0 Å². The SMILES string of the molecule is COc1cc(C=NNc2nc(C)cs2)ccc1OCc1ccccc1[N+](=O)[O-]. The Bertz CT molecular complexity index is 1000. The van der Waals surface area contributed by atoms with E-state index < -0.39 is 4.92 Å². The van der Waals surface area contributed by atoms with Crippen LogP contribution in [0.15, 0.2) is 52.9 Å². The smallest absolute Gasteiger partial charge is 0.276 e. The molecule has 0 bridgehead atoms. The minimum atomic E-state index is -0.424. The first kappa shape index (κ1) is 19.3. The van der Waals surface area contributed by atoms with Crippen molar-refractivity contribution in [3.05, 3.63) is 74.8 Å². The zero-order valence-electron chi connectivity index (χ0n) is 15.3. The lowest BCUT2D eigenvalue weighted by molar-refractivity contribution is -0.385. The van der Waals surface area contributed by atoms with E-state index in [1.807, 2.05) is 18.4 Å². The zero-order chi connectivity index (χ0) is 19.9. The highest BCUT2D eigenvalue weighted by Gasteiger charge is 2.14. The number of anilines is 1. The van der Waals surface area contributed by atoms with Crippen molar-refractivity contribution in [1.29, 1.82) is 0 Å². The third-order valence-electron chi connectivity index (χ3n) is 3.75. The molecule has 0 amide bonds. The summed E-state index contributed by atoms with van der Waals surface area (Å²) in [6.07, 6.45) is 1.64. The molecule has 28 heavy (non-hydrogen) atoms. The molecule has 3 rings (SSSR count). The molecule has 0 saturated heterocycles. The summed E-state index contributed by atoms with van der Waals surface area (Å²) in [6, 6.07) is 11.8. The molecule has 0 aliphatic carbocycles. The van der Waals surface area contributed by atoms with E-state index >= 15 is 0 Å². The van der Waals surface area contributed by atoms with Crippen LogP contribution in [0, 0.1) is 17.0 Å². The second-order valence-corrected chi connectivity index (χ2v) is 6.61. The summed E-state index contributed by atoms with van der Waals surface area (Å²) in [7, 11) is 1.53. The molecule has 0 aliphatic heterocycles. The van der Waals surface area contributed by atoms with Crippen LogP contribution < -0.4 is 14.9 Å². The van der Waals surface area contributed by atoms with Gasteiger partial charge in [-0.2, -0.15) is 5.10 Å². The van der Waals surface area contributed by atoms with Crippen LogP contribution in [0.2, 0.25) is 0 Å².